The van der Waals surface area contributed by atoms with Gasteiger partial charge in [0.2, 0.25) is 5.91 Å². The summed E-state index contributed by atoms with van der Waals surface area (Å²) in [5, 5.41) is 3.37. The van der Waals surface area contributed by atoms with Gasteiger partial charge in [-0.15, -0.1) is 11.8 Å². The van der Waals surface area contributed by atoms with Crippen molar-refractivity contribution in [2.75, 3.05) is 18.7 Å². The van der Waals surface area contributed by atoms with E-state index in [1.54, 1.807) is 24.9 Å². The predicted molar refractivity (Wildman–Crippen MR) is 102 cm³/mol. The number of ether oxygens (including phenoxy) is 1. The second-order valence-electron chi connectivity index (χ2n) is 4.95. The number of thioether (sulfide) groups is 1. The fraction of sp³-hybridized carbons (Fsp3) is 0.111. The summed E-state index contributed by atoms with van der Waals surface area (Å²) in [5.41, 5.74) is 1.82. The van der Waals surface area contributed by atoms with Crippen molar-refractivity contribution in [2.24, 2.45) is 0 Å². The quantitative estimate of drug-likeness (QED) is 0.533. The van der Waals surface area contributed by atoms with Gasteiger partial charge in [0.05, 0.1) is 17.3 Å². The third-order valence-electron chi connectivity index (χ3n) is 3.37. The van der Waals surface area contributed by atoms with E-state index in [-0.39, 0.29) is 5.91 Å². The molecule has 0 aliphatic rings. The van der Waals surface area contributed by atoms with Crippen LogP contribution < -0.4 is 10.1 Å². The van der Waals surface area contributed by atoms with Gasteiger partial charge in [-0.05, 0) is 48.2 Å². The molecular weight excluding hydrogens is 340 g/mol. The number of hydrogen-bond donors (Lipinski definition) is 1. The first-order valence-corrected chi connectivity index (χ1v) is 9.30. The second kappa shape index (κ2) is 7.51. The number of hydrogen-bond acceptors (Lipinski definition) is 5. The Morgan fingerprint density at radius 2 is 2.04 bits per heavy atom. The topological polar surface area (TPSA) is 51.2 Å². The standard InChI is InChI=1S/C18H16N2O2S2/c1-22-13-6-9-15-16(11-13)24-18(19-15)20-17(21)10-5-12-3-7-14(23-2)8-4-12/h3-11H,1-2H3,(H,19,20,21)/b10-5+. The molecule has 1 heterocycles. The number of amides is 1. The first kappa shape index (κ1) is 16.5. The van der Waals surface area contributed by atoms with Crippen LogP contribution >= 0.6 is 23.1 Å². The normalized spacial score (nSPS) is 11.1. The molecule has 24 heavy (non-hydrogen) atoms. The zero-order chi connectivity index (χ0) is 16.9. The van der Waals surface area contributed by atoms with Crippen molar-refractivity contribution in [1.82, 2.24) is 4.98 Å². The minimum atomic E-state index is -0.199. The summed E-state index contributed by atoms with van der Waals surface area (Å²) in [4.78, 5) is 17.6. The van der Waals surface area contributed by atoms with Gasteiger partial charge in [-0.1, -0.05) is 23.5 Å². The number of fused-ring (bicyclic) bond motifs is 1. The number of benzene rings is 2. The van der Waals surface area contributed by atoms with Gasteiger partial charge in [0.15, 0.2) is 5.13 Å². The van der Waals surface area contributed by atoms with Crippen molar-refractivity contribution in [2.45, 2.75) is 4.90 Å². The number of carbonyl (C=O) groups excluding carboxylic acids is 1. The van der Waals surface area contributed by atoms with Crippen LogP contribution in [0.5, 0.6) is 5.75 Å². The van der Waals surface area contributed by atoms with Crippen molar-refractivity contribution in [3.63, 3.8) is 0 Å². The molecule has 3 rings (SSSR count). The molecule has 0 saturated heterocycles. The van der Waals surface area contributed by atoms with Gasteiger partial charge in [0.1, 0.15) is 5.75 Å². The lowest BCUT2D eigenvalue weighted by atomic mass is 10.2. The van der Waals surface area contributed by atoms with Crippen LogP contribution in [-0.4, -0.2) is 24.3 Å². The van der Waals surface area contributed by atoms with Crippen LogP contribution in [0.2, 0.25) is 0 Å². The van der Waals surface area contributed by atoms with E-state index in [2.05, 4.69) is 10.3 Å². The first-order valence-electron chi connectivity index (χ1n) is 7.25. The van der Waals surface area contributed by atoms with Gasteiger partial charge < -0.3 is 4.74 Å². The molecule has 0 unspecified atom stereocenters. The summed E-state index contributed by atoms with van der Waals surface area (Å²) in [6.45, 7) is 0. The van der Waals surface area contributed by atoms with Gasteiger partial charge in [0, 0.05) is 11.0 Å². The van der Waals surface area contributed by atoms with E-state index in [4.69, 9.17) is 4.74 Å². The Hall–Kier alpha value is -2.31. The Morgan fingerprint density at radius 3 is 2.75 bits per heavy atom. The van der Waals surface area contributed by atoms with Crippen molar-refractivity contribution >= 4 is 50.4 Å². The van der Waals surface area contributed by atoms with Gasteiger partial charge in [-0.3, -0.25) is 10.1 Å². The molecule has 0 fully saturated rings. The minimum absolute atomic E-state index is 0.199. The second-order valence-corrected chi connectivity index (χ2v) is 6.86. The molecule has 0 atom stereocenters. The maximum atomic E-state index is 12.0. The summed E-state index contributed by atoms with van der Waals surface area (Å²) >= 11 is 3.11. The van der Waals surface area contributed by atoms with Crippen LogP contribution in [0.25, 0.3) is 16.3 Å². The van der Waals surface area contributed by atoms with E-state index >= 15 is 0 Å². The number of nitrogens with zero attached hydrogens (tertiary/aromatic N) is 1. The monoisotopic (exact) mass is 356 g/mol. The molecule has 0 aliphatic heterocycles. The molecule has 3 aromatic rings. The van der Waals surface area contributed by atoms with Gasteiger partial charge in [0.25, 0.3) is 0 Å². The molecule has 122 valence electrons. The fourth-order valence-electron chi connectivity index (χ4n) is 2.12. The Labute approximate surface area is 148 Å². The summed E-state index contributed by atoms with van der Waals surface area (Å²) in [7, 11) is 1.63. The van der Waals surface area contributed by atoms with Gasteiger partial charge >= 0.3 is 0 Å². The van der Waals surface area contributed by atoms with Crippen molar-refractivity contribution < 1.29 is 9.53 Å². The first-order chi connectivity index (χ1) is 11.7. The molecule has 1 N–H and O–H groups in total. The molecular formula is C18H16N2O2S2. The Bertz CT molecular complexity index is 886. The number of thiazole rings is 1. The van der Waals surface area contributed by atoms with Gasteiger partial charge in [-0.2, -0.15) is 0 Å². The van der Waals surface area contributed by atoms with Gasteiger partial charge in [-0.25, -0.2) is 4.98 Å². The Kier molecular flexibility index (Phi) is 5.17. The highest BCUT2D eigenvalue weighted by Gasteiger charge is 2.07. The Balaban J connectivity index is 1.68. The maximum Gasteiger partial charge on any atom is 0.250 e. The highest BCUT2D eigenvalue weighted by Crippen LogP contribution is 2.29. The number of methoxy groups -OCH3 is 1. The molecule has 2 aromatic carbocycles. The third kappa shape index (κ3) is 3.96. The lowest BCUT2D eigenvalue weighted by molar-refractivity contribution is -0.111. The summed E-state index contributed by atoms with van der Waals surface area (Å²) in [5.74, 6) is 0.576. The van der Waals surface area contributed by atoms with Crippen LogP contribution in [0.1, 0.15) is 5.56 Å². The lowest BCUT2D eigenvalue weighted by Crippen LogP contribution is -2.07. The van der Waals surface area contributed by atoms with E-state index in [1.165, 1.54) is 22.3 Å². The molecule has 6 heteroatoms. The highest BCUT2D eigenvalue weighted by atomic mass is 32.2. The summed E-state index contributed by atoms with van der Waals surface area (Å²) in [6, 6.07) is 13.7. The molecule has 0 aliphatic carbocycles. The number of nitrogens with one attached hydrogen (secondary N) is 1. The maximum absolute atomic E-state index is 12.0. The largest absolute Gasteiger partial charge is 0.497 e. The number of aromatic nitrogens is 1. The third-order valence-corrected chi connectivity index (χ3v) is 5.05. The van der Waals surface area contributed by atoms with Crippen LogP contribution in [0.3, 0.4) is 0 Å². The van der Waals surface area contributed by atoms with E-state index < -0.39 is 0 Å². The SMILES string of the molecule is COc1ccc2nc(NC(=O)/C=C/c3ccc(SC)cc3)sc2c1. The van der Waals surface area contributed by atoms with E-state index in [1.807, 2.05) is 48.7 Å². The van der Waals surface area contributed by atoms with Crippen molar-refractivity contribution in [1.29, 1.82) is 0 Å². The molecule has 0 spiro atoms. The molecule has 1 amide bonds. The van der Waals surface area contributed by atoms with Crippen LogP contribution in [0.15, 0.2) is 53.4 Å². The summed E-state index contributed by atoms with van der Waals surface area (Å²) < 4.78 is 6.17. The highest BCUT2D eigenvalue weighted by molar-refractivity contribution is 7.98. The molecule has 4 nitrogen and oxygen atoms in total. The Morgan fingerprint density at radius 1 is 1.25 bits per heavy atom. The molecule has 0 radical (unpaired) electrons. The molecule has 0 saturated carbocycles. The van der Waals surface area contributed by atoms with E-state index in [0.717, 1.165) is 21.5 Å². The average molecular weight is 356 g/mol. The van der Waals surface area contributed by atoms with Crippen LogP contribution in [0.4, 0.5) is 5.13 Å². The predicted octanol–water partition coefficient (Wildman–Crippen LogP) is 4.68. The number of carbonyl (C=O) groups is 1. The van der Waals surface area contributed by atoms with Crippen molar-refractivity contribution in [3.05, 3.63) is 54.1 Å². The van der Waals surface area contributed by atoms with Crippen LogP contribution in [-0.2, 0) is 4.79 Å². The zero-order valence-electron chi connectivity index (χ0n) is 13.3. The summed E-state index contributed by atoms with van der Waals surface area (Å²) in [6.07, 6.45) is 5.34. The minimum Gasteiger partial charge on any atom is -0.497 e. The lowest BCUT2D eigenvalue weighted by Gasteiger charge is -1.97. The fourth-order valence-corrected chi connectivity index (χ4v) is 3.42. The van der Waals surface area contributed by atoms with Crippen LogP contribution in [0, 0.1) is 0 Å². The average Bonchev–Trinajstić information content (AvgIpc) is 3.01. The number of rotatable bonds is 5. The van der Waals surface area contributed by atoms with Crippen molar-refractivity contribution in [3.8, 4) is 5.75 Å². The van der Waals surface area contributed by atoms with E-state index in [9.17, 15) is 4.79 Å². The number of anilines is 1. The van der Waals surface area contributed by atoms with E-state index in [0.29, 0.717) is 5.13 Å². The zero-order valence-corrected chi connectivity index (χ0v) is 14.9. The molecule has 0 bridgehead atoms. The smallest absolute Gasteiger partial charge is 0.250 e. The molecule has 1 aromatic heterocycles.